The van der Waals surface area contributed by atoms with Crippen LogP contribution < -0.4 is 10.2 Å². The Morgan fingerprint density at radius 1 is 1.03 bits per heavy atom. The van der Waals surface area contributed by atoms with Crippen LogP contribution in [0.15, 0.2) is 79.1 Å². The van der Waals surface area contributed by atoms with E-state index in [1.54, 1.807) is 12.4 Å². The number of benzene rings is 2. The summed E-state index contributed by atoms with van der Waals surface area (Å²) >= 11 is 0. The summed E-state index contributed by atoms with van der Waals surface area (Å²) in [5, 5.41) is 3.89. The van der Waals surface area contributed by atoms with Crippen LogP contribution in [0.5, 0.6) is 0 Å². The minimum atomic E-state index is -0.142. The second-order valence-corrected chi connectivity index (χ2v) is 8.15. The quantitative estimate of drug-likeness (QED) is 0.491. The summed E-state index contributed by atoms with van der Waals surface area (Å²) in [5.41, 5.74) is 5.07. The van der Waals surface area contributed by atoms with Crippen molar-refractivity contribution in [2.45, 2.75) is 13.3 Å². The van der Waals surface area contributed by atoms with Gasteiger partial charge in [-0.2, -0.15) is 0 Å². The van der Waals surface area contributed by atoms with Crippen LogP contribution in [-0.2, 0) is 0 Å². The predicted molar refractivity (Wildman–Crippen MR) is 125 cm³/mol. The molecule has 0 aliphatic carbocycles. The van der Waals surface area contributed by atoms with Gasteiger partial charge >= 0.3 is 0 Å². The molecular formula is C26H24N4O. The zero-order valence-electron chi connectivity index (χ0n) is 17.5. The molecule has 0 radical (unpaired) electrons. The molecule has 1 amide bonds. The van der Waals surface area contributed by atoms with Gasteiger partial charge < -0.3 is 10.2 Å². The Bertz CT molecular complexity index is 1220. The summed E-state index contributed by atoms with van der Waals surface area (Å²) in [7, 11) is 0. The van der Waals surface area contributed by atoms with E-state index in [1.807, 2.05) is 54.6 Å². The molecule has 31 heavy (non-hydrogen) atoms. The number of fused-ring (bicyclic) bond motifs is 1. The van der Waals surface area contributed by atoms with Crippen LogP contribution in [0, 0.1) is 5.92 Å². The van der Waals surface area contributed by atoms with Crippen molar-refractivity contribution in [2.75, 3.05) is 23.3 Å². The molecular weight excluding hydrogens is 384 g/mol. The summed E-state index contributed by atoms with van der Waals surface area (Å²) < 4.78 is 0. The van der Waals surface area contributed by atoms with Gasteiger partial charge in [0.15, 0.2) is 0 Å². The third kappa shape index (κ3) is 3.99. The van der Waals surface area contributed by atoms with Crippen molar-refractivity contribution in [3.05, 3.63) is 84.7 Å². The molecule has 1 saturated heterocycles. The molecule has 1 atom stereocenters. The number of carbonyl (C=O) groups excluding carboxylic acids is 1. The van der Waals surface area contributed by atoms with Crippen LogP contribution in [-0.4, -0.2) is 29.0 Å². The van der Waals surface area contributed by atoms with Gasteiger partial charge in [-0.25, -0.2) is 4.98 Å². The molecule has 1 N–H and O–H groups in total. The molecule has 0 bridgehead atoms. The van der Waals surface area contributed by atoms with Gasteiger partial charge in [0, 0.05) is 47.8 Å². The smallest absolute Gasteiger partial charge is 0.256 e. The first-order valence-electron chi connectivity index (χ1n) is 10.6. The van der Waals surface area contributed by atoms with E-state index in [2.05, 4.69) is 34.3 Å². The van der Waals surface area contributed by atoms with E-state index in [1.165, 1.54) is 12.1 Å². The van der Waals surface area contributed by atoms with Gasteiger partial charge in [0.1, 0.15) is 0 Å². The van der Waals surface area contributed by atoms with E-state index < -0.39 is 0 Å². The molecule has 154 valence electrons. The summed E-state index contributed by atoms with van der Waals surface area (Å²) in [4.78, 5) is 24.5. The van der Waals surface area contributed by atoms with E-state index in [0.717, 1.165) is 46.9 Å². The van der Waals surface area contributed by atoms with Crippen LogP contribution in [0.2, 0.25) is 0 Å². The molecule has 4 aromatic rings. The molecule has 5 nitrogen and oxygen atoms in total. The van der Waals surface area contributed by atoms with Crippen LogP contribution in [0.3, 0.4) is 0 Å². The molecule has 5 rings (SSSR count). The lowest BCUT2D eigenvalue weighted by Crippen LogP contribution is -2.19. The Morgan fingerprint density at radius 2 is 1.81 bits per heavy atom. The number of hydrogen-bond donors (Lipinski definition) is 1. The Balaban J connectivity index is 1.44. The normalized spacial score (nSPS) is 15.9. The molecule has 3 heterocycles. The molecule has 5 heteroatoms. The van der Waals surface area contributed by atoms with E-state index in [0.29, 0.717) is 5.56 Å². The maximum Gasteiger partial charge on any atom is 0.256 e. The highest BCUT2D eigenvalue weighted by Gasteiger charge is 2.19. The average Bonchev–Trinajstić information content (AvgIpc) is 3.25. The van der Waals surface area contributed by atoms with Crippen LogP contribution >= 0.6 is 0 Å². The Labute approximate surface area is 181 Å². The first-order valence-corrected chi connectivity index (χ1v) is 10.6. The van der Waals surface area contributed by atoms with E-state index >= 15 is 0 Å². The highest BCUT2D eigenvalue weighted by Crippen LogP contribution is 2.27. The van der Waals surface area contributed by atoms with Gasteiger partial charge in [-0.1, -0.05) is 25.1 Å². The fraction of sp³-hybridized carbons (Fsp3) is 0.192. The second kappa shape index (κ2) is 8.19. The zero-order valence-corrected chi connectivity index (χ0v) is 17.5. The molecule has 2 aromatic carbocycles. The number of rotatable bonds is 4. The molecule has 1 fully saturated rings. The van der Waals surface area contributed by atoms with Crippen LogP contribution in [0.4, 0.5) is 11.4 Å². The summed E-state index contributed by atoms with van der Waals surface area (Å²) in [6.07, 6.45) is 4.69. The number of aromatic nitrogens is 2. The standard InChI is InChI=1S/C26H24N4O/c1-18-12-15-30(17-18)21-8-6-20(7-9-21)28-26(31)23-16-25(19-10-13-27-14-11-19)29-24-5-3-2-4-22(23)24/h2-11,13-14,16,18H,12,15,17H2,1H3,(H,28,31). The lowest BCUT2D eigenvalue weighted by atomic mass is 10.0. The third-order valence-corrected chi connectivity index (χ3v) is 5.85. The van der Waals surface area contributed by atoms with Crippen molar-refractivity contribution < 1.29 is 4.79 Å². The maximum absolute atomic E-state index is 13.2. The second-order valence-electron chi connectivity index (χ2n) is 8.15. The van der Waals surface area contributed by atoms with Crippen molar-refractivity contribution in [1.82, 2.24) is 9.97 Å². The minimum absolute atomic E-state index is 0.142. The Kier molecular flexibility index (Phi) is 5.08. The zero-order chi connectivity index (χ0) is 21.2. The first kappa shape index (κ1) is 19.2. The van der Waals surface area contributed by atoms with Gasteiger partial charge in [0.05, 0.1) is 16.8 Å². The molecule has 0 spiro atoms. The number of nitrogens with one attached hydrogen (secondary N) is 1. The minimum Gasteiger partial charge on any atom is -0.371 e. The molecule has 1 aliphatic heterocycles. The SMILES string of the molecule is CC1CCN(c2ccc(NC(=O)c3cc(-c4ccncc4)nc4ccccc34)cc2)C1. The third-order valence-electron chi connectivity index (χ3n) is 5.85. The number of nitrogens with zero attached hydrogens (tertiary/aromatic N) is 3. The first-order chi connectivity index (χ1) is 15.2. The van der Waals surface area contributed by atoms with Gasteiger partial charge in [0.25, 0.3) is 5.91 Å². The van der Waals surface area contributed by atoms with Crippen molar-refractivity contribution in [2.24, 2.45) is 5.92 Å². The topological polar surface area (TPSA) is 58.1 Å². The summed E-state index contributed by atoms with van der Waals surface area (Å²) in [6.45, 7) is 4.47. The lowest BCUT2D eigenvalue weighted by Gasteiger charge is -2.18. The fourth-order valence-electron chi connectivity index (χ4n) is 4.16. The van der Waals surface area contributed by atoms with Crippen molar-refractivity contribution >= 4 is 28.2 Å². The largest absolute Gasteiger partial charge is 0.371 e. The molecule has 1 aliphatic rings. The average molecular weight is 409 g/mol. The van der Waals surface area contributed by atoms with Gasteiger partial charge in [0.2, 0.25) is 0 Å². The molecule has 2 aromatic heterocycles. The molecule has 0 saturated carbocycles. The summed E-state index contributed by atoms with van der Waals surface area (Å²) in [5.74, 6) is 0.588. The maximum atomic E-state index is 13.2. The van der Waals surface area contributed by atoms with Crippen molar-refractivity contribution in [3.63, 3.8) is 0 Å². The van der Waals surface area contributed by atoms with Gasteiger partial charge in [-0.3, -0.25) is 9.78 Å². The van der Waals surface area contributed by atoms with Crippen molar-refractivity contribution in [3.8, 4) is 11.3 Å². The van der Waals surface area contributed by atoms with E-state index in [-0.39, 0.29) is 5.91 Å². The van der Waals surface area contributed by atoms with Crippen molar-refractivity contribution in [1.29, 1.82) is 0 Å². The Morgan fingerprint density at radius 3 is 2.55 bits per heavy atom. The fourth-order valence-corrected chi connectivity index (χ4v) is 4.16. The number of pyridine rings is 2. The number of para-hydroxylation sites is 1. The number of carbonyl (C=O) groups is 1. The molecule has 1 unspecified atom stereocenters. The predicted octanol–water partition coefficient (Wildman–Crippen LogP) is 5.40. The lowest BCUT2D eigenvalue weighted by molar-refractivity contribution is 0.102. The number of hydrogen-bond acceptors (Lipinski definition) is 4. The number of anilines is 2. The van der Waals surface area contributed by atoms with Gasteiger partial charge in [-0.05, 0) is 60.9 Å². The van der Waals surface area contributed by atoms with Gasteiger partial charge in [-0.15, -0.1) is 0 Å². The highest BCUT2D eigenvalue weighted by atomic mass is 16.1. The van der Waals surface area contributed by atoms with Crippen LogP contribution in [0.1, 0.15) is 23.7 Å². The van der Waals surface area contributed by atoms with E-state index in [9.17, 15) is 4.79 Å². The monoisotopic (exact) mass is 408 g/mol. The van der Waals surface area contributed by atoms with Crippen LogP contribution in [0.25, 0.3) is 22.2 Å². The number of amides is 1. The highest BCUT2D eigenvalue weighted by molar-refractivity contribution is 6.13. The van der Waals surface area contributed by atoms with E-state index in [4.69, 9.17) is 4.98 Å². The summed E-state index contributed by atoms with van der Waals surface area (Å²) in [6, 6.07) is 21.5. The Hall–Kier alpha value is -3.73.